The van der Waals surface area contributed by atoms with Gasteiger partial charge in [-0.05, 0) is 30.6 Å². The van der Waals surface area contributed by atoms with Gasteiger partial charge in [0.1, 0.15) is 0 Å². The number of amides is 2. The van der Waals surface area contributed by atoms with Crippen LogP contribution in [0.25, 0.3) is 0 Å². The first-order chi connectivity index (χ1) is 9.67. The monoisotopic (exact) mass is 275 g/mol. The molecule has 110 valence electrons. The summed E-state index contributed by atoms with van der Waals surface area (Å²) in [6.07, 6.45) is 9.89. The smallest absolute Gasteiger partial charge is 0.233 e. The van der Waals surface area contributed by atoms with Crippen LogP contribution in [0.1, 0.15) is 46.0 Å². The Hall–Kier alpha value is -1.12. The maximum atomic E-state index is 12.6. The highest BCUT2D eigenvalue weighted by Gasteiger charge is 2.59. The Labute approximate surface area is 121 Å². The molecular formula is C17H25NO2. The molecule has 2 amide bonds. The van der Waals surface area contributed by atoms with Crippen molar-refractivity contribution >= 4 is 11.8 Å². The summed E-state index contributed by atoms with van der Waals surface area (Å²) in [5, 5.41) is 0. The molecular weight excluding hydrogens is 250 g/mol. The molecule has 0 spiro atoms. The minimum atomic E-state index is -0.0267. The highest BCUT2D eigenvalue weighted by molar-refractivity contribution is 6.06. The van der Waals surface area contributed by atoms with Crippen LogP contribution >= 0.6 is 0 Å². The highest BCUT2D eigenvalue weighted by atomic mass is 16.2. The van der Waals surface area contributed by atoms with Gasteiger partial charge in [-0.15, -0.1) is 0 Å². The summed E-state index contributed by atoms with van der Waals surface area (Å²) >= 11 is 0. The first-order valence-electron chi connectivity index (χ1n) is 8.20. The van der Waals surface area contributed by atoms with Crippen LogP contribution in [0, 0.1) is 29.6 Å². The van der Waals surface area contributed by atoms with Crippen LogP contribution in [0.5, 0.6) is 0 Å². The van der Waals surface area contributed by atoms with Crippen LogP contribution in [-0.2, 0) is 9.59 Å². The van der Waals surface area contributed by atoms with Crippen molar-refractivity contribution in [2.24, 2.45) is 29.6 Å². The van der Waals surface area contributed by atoms with E-state index in [0.717, 1.165) is 19.3 Å². The third kappa shape index (κ3) is 2.02. The Balaban J connectivity index is 1.70. The lowest BCUT2D eigenvalue weighted by Gasteiger charge is -2.23. The van der Waals surface area contributed by atoms with Crippen molar-refractivity contribution in [3.05, 3.63) is 12.2 Å². The summed E-state index contributed by atoms with van der Waals surface area (Å²) in [6.45, 7) is 5.00. The Bertz CT molecular complexity index is 412. The first kappa shape index (κ1) is 13.8. The Morgan fingerprint density at radius 1 is 1.15 bits per heavy atom. The molecule has 3 aliphatic rings. The third-order valence-corrected chi connectivity index (χ3v) is 5.55. The van der Waals surface area contributed by atoms with Crippen molar-refractivity contribution in [1.82, 2.24) is 4.90 Å². The number of hydrogen-bond acceptors (Lipinski definition) is 2. The van der Waals surface area contributed by atoms with Crippen LogP contribution < -0.4 is 0 Å². The van der Waals surface area contributed by atoms with Crippen molar-refractivity contribution in [3.8, 4) is 0 Å². The predicted molar refractivity (Wildman–Crippen MR) is 77.7 cm³/mol. The van der Waals surface area contributed by atoms with Gasteiger partial charge in [0, 0.05) is 6.54 Å². The van der Waals surface area contributed by atoms with Gasteiger partial charge in [0.05, 0.1) is 11.8 Å². The number of carbonyl (C=O) groups excluding carboxylic acids is 2. The molecule has 0 N–H and O–H groups in total. The summed E-state index contributed by atoms with van der Waals surface area (Å²) < 4.78 is 0. The number of hydrogen-bond donors (Lipinski definition) is 0. The van der Waals surface area contributed by atoms with Gasteiger partial charge in [0.15, 0.2) is 0 Å². The second-order valence-electron chi connectivity index (χ2n) is 6.70. The average Bonchev–Trinajstić information content (AvgIpc) is 3.12. The van der Waals surface area contributed by atoms with Gasteiger partial charge < -0.3 is 0 Å². The molecule has 3 nitrogen and oxygen atoms in total. The molecule has 20 heavy (non-hydrogen) atoms. The normalized spacial score (nSPS) is 36.0. The zero-order chi connectivity index (χ0) is 14.3. The van der Waals surface area contributed by atoms with Gasteiger partial charge in [-0.25, -0.2) is 0 Å². The van der Waals surface area contributed by atoms with Crippen molar-refractivity contribution < 1.29 is 9.59 Å². The average molecular weight is 275 g/mol. The van der Waals surface area contributed by atoms with E-state index in [1.165, 1.54) is 12.8 Å². The van der Waals surface area contributed by atoms with Crippen LogP contribution in [-0.4, -0.2) is 23.3 Å². The molecule has 5 atom stereocenters. The van der Waals surface area contributed by atoms with Crippen molar-refractivity contribution in [3.63, 3.8) is 0 Å². The van der Waals surface area contributed by atoms with Crippen LogP contribution in [0.3, 0.4) is 0 Å². The zero-order valence-electron chi connectivity index (χ0n) is 12.5. The molecule has 1 saturated heterocycles. The summed E-state index contributed by atoms with van der Waals surface area (Å²) in [4.78, 5) is 26.8. The number of carbonyl (C=O) groups is 2. The molecule has 2 fully saturated rings. The molecule has 1 aliphatic heterocycles. The third-order valence-electron chi connectivity index (χ3n) is 5.55. The molecule has 0 aromatic carbocycles. The fourth-order valence-electron chi connectivity index (χ4n) is 4.32. The highest BCUT2D eigenvalue weighted by Crippen LogP contribution is 2.52. The number of rotatable bonds is 6. The zero-order valence-corrected chi connectivity index (χ0v) is 12.5. The van der Waals surface area contributed by atoms with E-state index in [0.29, 0.717) is 24.3 Å². The minimum Gasteiger partial charge on any atom is -0.282 e. The molecule has 1 heterocycles. The molecule has 0 aromatic rings. The van der Waals surface area contributed by atoms with Gasteiger partial charge in [-0.3, -0.25) is 14.5 Å². The topological polar surface area (TPSA) is 37.4 Å². The number of allylic oxidation sites excluding steroid dienone is 2. The van der Waals surface area contributed by atoms with Crippen molar-refractivity contribution in [1.29, 1.82) is 0 Å². The number of nitrogens with zero attached hydrogens (tertiary/aromatic N) is 1. The molecule has 0 unspecified atom stereocenters. The lowest BCUT2D eigenvalue weighted by molar-refractivity contribution is -0.141. The van der Waals surface area contributed by atoms with Crippen LogP contribution in [0.2, 0.25) is 0 Å². The minimum absolute atomic E-state index is 0.0267. The van der Waals surface area contributed by atoms with Crippen LogP contribution in [0.4, 0.5) is 0 Å². The van der Waals surface area contributed by atoms with E-state index in [4.69, 9.17) is 0 Å². The summed E-state index contributed by atoms with van der Waals surface area (Å²) in [6, 6.07) is 0. The van der Waals surface area contributed by atoms with Crippen LogP contribution in [0.15, 0.2) is 12.2 Å². The van der Waals surface area contributed by atoms with Crippen molar-refractivity contribution in [2.75, 3.05) is 6.54 Å². The summed E-state index contributed by atoms with van der Waals surface area (Å²) in [5.41, 5.74) is 0. The lowest BCUT2D eigenvalue weighted by atomic mass is 9.85. The molecule has 3 heteroatoms. The SMILES string of the molecule is CCCC[C@H](CC)CN1C(=O)[C@@H]2[C@H](C1=O)[C@H]1C=C[C@H]2C1. The fourth-order valence-corrected chi connectivity index (χ4v) is 4.32. The first-order valence-corrected chi connectivity index (χ1v) is 8.20. The van der Waals surface area contributed by atoms with E-state index in [9.17, 15) is 9.59 Å². The maximum absolute atomic E-state index is 12.6. The van der Waals surface area contributed by atoms with E-state index < -0.39 is 0 Å². The van der Waals surface area contributed by atoms with E-state index in [2.05, 4.69) is 26.0 Å². The second-order valence-corrected chi connectivity index (χ2v) is 6.70. The van der Waals surface area contributed by atoms with Gasteiger partial charge in [0.2, 0.25) is 11.8 Å². The van der Waals surface area contributed by atoms with E-state index in [1.807, 2.05) is 0 Å². The molecule has 2 aliphatic carbocycles. The standard InChI is InChI=1S/C17H25NO2/c1-3-5-6-11(4-2)10-18-16(19)14-12-7-8-13(9-12)15(14)17(18)20/h7-8,11-15H,3-6,9-10H2,1-2H3/t11-,12-,13-,14-,15+/m0/s1. The number of likely N-dealkylation sites (tertiary alicyclic amines) is 1. The largest absolute Gasteiger partial charge is 0.282 e. The number of fused-ring (bicyclic) bond motifs is 5. The molecule has 3 rings (SSSR count). The molecule has 0 radical (unpaired) electrons. The van der Waals surface area contributed by atoms with E-state index in [-0.39, 0.29) is 23.7 Å². The Morgan fingerprint density at radius 3 is 2.25 bits per heavy atom. The van der Waals surface area contributed by atoms with Crippen molar-refractivity contribution in [2.45, 2.75) is 46.0 Å². The van der Waals surface area contributed by atoms with E-state index in [1.54, 1.807) is 4.90 Å². The molecule has 1 saturated carbocycles. The number of imide groups is 1. The second kappa shape index (κ2) is 5.34. The maximum Gasteiger partial charge on any atom is 0.233 e. The Morgan fingerprint density at radius 2 is 1.75 bits per heavy atom. The lowest BCUT2D eigenvalue weighted by Crippen LogP contribution is -2.37. The predicted octanol–water partition coefficient (Wildman–Crippen LogP) is 3.01. The quantitative estimate of drug-likeness (QED) is 0.552. The fraction of sp³-hybridized carbons (Fsp3) is 0.765. The van der Waals surface area contributed by atoms with Gasteiger partial charge in [-0.1, -0.05) is 45.3 Å². The number of unbranched alkanes of at least 4 members (excludes halogenated alkanes) is 1. The molecule has 2 bridgehead atoms. The molecule has 0 aromatic heterocycles. The summed E-state index contributed by atoms with van der Waals surface area (Å²) in [5.74, 6) is 1.33. The van der Waals surface area contributed by atoms with Gasteiger partial charge in [-0.2, -0.15) is 0 Å². The van der Waals surface area contributed by atoms with Gasteiger partial charge in [0.25, 0.3) is 0 Å². The Kier molecular flexibility index (Phi) is 3.70. The van der Waals surface area contributed by atoms with E-state index >= 15 is 0 Å². The van der Waals surface area contributed by atoms with Gasteiger partial charge >= 0.3 is 0 Å². The summed E-state index contributed by atoms with van der Waals surface area (Å²) in [7, 11) is 0.